The summed E-state index contributed by atoms with van der Waals surface area (Å²) in [6.07, 6.45) is 1.56. The molecule has 0 unspecified atom stereocenters. The molecule has 0 saturated heterocycles. The molecule has 3 rings (SSSR count). The summed E-state index contributed by atoms with van der Waals surface area (Å²) in [4.78, 5) is 0.314. The lowest BCUT2D eigenvalue weighted by molar-refractivity contribution is 0.436. The Balaban J connectivity index is 2.16. The molecule has 1 aromatic carbocycles. The van der Waals surface area contributed by atoms with Gasteiger partial charge in [0, 0.05) is 17.0 Å². The van der Waals surface area contributed by atoms with Crippen LogP contribution < -0.4 is 5.73 Å². The summed E-state index contributed by atoms with van der Waals surface area (Å²) in [6.45, 7) is 0. The number of hydrogen-bond acceptors (Lipinski definition) is 5. The molecule has 0 spiro atoms. The Hall–Kier alpha value is -2.08. The zero-order chi connectivity index (χ0) is 12.0. The fourth-order valence-electron chi connectivity index (χ4n) is 1.75. The zero-order valence-corrected chi connectivity index (χ0v) is 9.44. The van der Waals surface area contributed by atoms with Gasteiger partial charge in [0.05, 0.1) is 4.90 Å². The summed E-state index contributed by atoms with van der Waals surface area (Å²) < 4.78 is 28.1. The quantitative estimate of drug-likeness (QED) is 0.829. The SMILES string of the molecule is Nc1cc(-c2ccc3c(c2)C=CS3(=O)=O)on1. The van der Waals surface area contributed by atoms with Crippen LogP contribution in [0.5, 0.6) is 0 Å². The molecular formula is C11H8N2O3S. The van der Waals surface area contributed by atoms with Crippen molar-refractivity contribution < 1.29 is 12.9 Å². The molecule has 1 aromatic heterocycles. The van der Waals surface area contributed by atoms with Crippen LogP contribution in [0.25, 0.3) is 17.4 Å². The third-order valence-corrected chi connectivity index (χ3v) is 4.04. The van der Waals surface area contributed by atoms with Gasteiger partial charge in [0.1, 0.15) is 0 Å². The maximum atomic E-state index is 11.6. The van der Waals surface area contributed by atoms with Crippen LogP contribution in [0.4, 0.5) is 5.82 Å². The number of aromatic nitrogens is 1. The monoisotopic (exact) mass is 248 g/mol. The number of fused-ring (bicyclic) bond motifs is 1. The van der Waals surface area contributed by atoms with Crippen LogP contribution in [0.3, 0.4) is 0 Å². The third kappa shape index (κ3) is 1.53. The van der Waals surface area contributed by atoms with Crippen LogP contribution in [-0.4, -0.2) is 13.6 Å². The summed E-state index contributed by atoms with van der Waals surface area (Å²) >= 11 is 0. The summed E-state index contributed by atoms with van der Waals surface area (Å²) in [7, 11) is -3.25. The van der Waals surface area contributed by atoms with Crippen LogP contribution in [0.2, 0.25) is 0 Å². The van der Waals surface area contributed by atoms with E-state index in [2.05, 4.69) is 5.16 Å². The maximum Gasteiger partial charge on any atom is 0.200 e. The van der Waals surface area contributed by atoms with E-state index in [1.165, 1.54) is 5.41 Å². The van der Waals surface area contributed by atoms with Crippen molar-refractivity contribution in [3.63, 3.8) is 0 Å². The number of rotatable bonds is 1. The number of hydrogen-bond donors (Lipinski definition) is 1. The average Bonchev–Trinajstić information content (AvgIpc) is 2.84. The molecule has 2 N–H and O–H groups in total. The summed E-state index contributed by atoms with van der Waals surface area (Å²) in [5.74, 6) is 0.812. The predicted molar refractivity (Wildman–Crippen MR) is 62.6 cm³/mol. The summed E-state index contributed by atoms with van der Waals surface area (Å²) in [5.41, 5.74) is 6.85. The summed E-state index contributed by atoms with van der Waals surface area (Å²) in [5, 5.41) is 4.77. The van der Waals surface area contributed by atoms with Gasteiger partial charge in [-0.05, 0) is 29.8 Å². The number of nitrogens with two attached hydrogens (primary N) is 1. The minimum Gasteiger partial charge on any atom is -0.381 e. The van der Waals surface area contributed by atoms with Gasteiger partial charge < -0.3 is 10.3 Å². The Kier molecular flexibility index (Phi) is 1.90. The van der Waals surface area contributed by atoms with Crippen molar-refractivity contribution in [2.75, 3.05) is 5.73 Å². The van der Waals surface area contributed by atoms with Crippen molar-refractivity contribution >= 4 is 21.7 Å². The molecule has 0 saturated carbocycles. The van der Waals surface area contributed by atoms with Crippen LogP contribution in [0.1, 0.15) is 5.56 Å². The minimum absolute atomic E-state index is 0.295. The van der Waals surface area contributed by atoms with E-state index in [4.69, 9.17) is 10.3 Å². The smallest absolute Gasteiger partial charge is 0.200 e. The highest BCUT2D eigenvalue weighted by atomic mass is 32.2. The van der Waals surface area contributed by atoms with Gasteiger partial charge in [0.25, 0.3) is 0 Å². The number of benzene rings is 1. The average molecular weight is 248 g/mol. The molecule has 5 nitrogen and oxygen atoms in total. The van der Waals surface area contributed by atoms with Gasteiger partial charge in [-0.1, -0.05) is 5.16 Å². The van der Waals surface area contributed by atoms with Crippen LogP contribution >= 0.6 is 0 Å². The number of sulfone groups is 1. The third-order valence-electron chi connectivity index (χ3n) is 2.56. The summed E-state index contributed by atoms with van der Waals surface area (Å²) in [6, 6.07) is 6.55. The molecule has 86 valence electrons. The van der Waals surface area contributed by atoms with Crippen molar-refractivity contribution in [1.82, 2.24) is 5.16 Å². The van der Waals surface area contributed by atoms with E-state index in [0.717, 1.165) is 5.56 Å². The number of nitrogen functional groups attached to an aromatic ring is 1. The standard InChI is InChI=1S/C11H8N2O3S/c12-11-6-9(16-13-11)7-1-2-10-8(5-7)3-4-17(10,14)15/h1-6H,(H2,12,13). The second kappa shape index (κ2) is 3.21. The van der Waals surface area contributed by atoms with Crippen molar-refractivity contribution in [2.45, 2.75) is 4.90 Å². The molecular weight excluding hydrogens is 240 g/mol. The van der Waals surface area contributed by atoms with E-state index < -0.39 is 9.84 Å². The largest absolute Gasteiger partial charge is 0.381 e. The number of nitrogens with zero attached hydrogens (tertiary/aromatic N) is 1. The zero-order valence-electron chi connectivity index (χ0n) is 8.62. The van der Waals surface area contributed by atoms with E-state index in [0.29, 0.717) is 22.0 Å². The molecule has 17 heavy (non-hydrogen) atoms. The molecule has 2 aromatic rings. The molecule has 0 amide bonds. The molecule has 0 fully saturated rings. The highest BCUT2D eigenvalue weighted by Crippen LogP contribution is 2.31. The molecule has 0 atom stereocenters. The number of anilines is 1. The van der Waals surface area contributed by atoms with Crippen LogP contribution in [0.15, 0.2) is 39.1 Å². The first-order chi connectivity index (χ1) is 8.06. The second-order valence-electron chi connectivity index (χ2n) is 3.72. The van der Waals surface area contributed by atoms with Crippen molar-refractivity contribution in [3.8, 4) is 11.3 Å². The van der Waals surface area contributed by atoms with Gasteiger partial charge >= 0.3 is 0 Å². The Morgan fingerprint density at radius 3 is 2.76 bits per heavy atom. The molecule has 0 aliphatic carbocycles. The van der Waals surface area contributed by atoms with Gasteiger partial charge in [-0.15, -0.1) is 0 Å². The maximum absolute atomic E-state index is 11.6. The first kappa shape index (κ1) is 10.1. The molecule has 6 heteroatoms. The lowest BCUT2D eigenvalue weighted by Gasteiger charge is -2.00. The molecule has 0 bridgehead atoms. The fraction of sp³-hybridized carbons (Fsp3) is 0. The van der Waals surface area contributed by atoms with Crippen LogP contribution in [-0.2, 0) is 9.84 Å². The molecule has 0 radical (unpaired) electrons. The van der Waals surface area contributed by atoms with E-state index >= 15 is 0 Å². The Labute approximate surface area is 97.5 Å². The molecule has 2 heterocycles. The van der Waals surface area contributed by atoms with Crippen LogP contribution in [0, 0.1) is 0 Å². The van der Waals surface area contributed by atoms with E-state index in [9.17, 15) is 8.42 Å². The van der Waals surface area contributed by atoms with Gasteiger partial charge in [0.2, 0.25) is 0 Å². The van der Waals surface area contributed by atoms with Gasteiger partial charge in [-0.25, -0.2) is 8.42 Å². The lowest BCUT2D eigenvalue weighted by Crippen LogP contribution is -1.93. The van der Waals surface area contributed by atoms with Gasteiger partial charge in [0.15, 0.2) is 21.4 Å². The van der Waals surface area contributed by atoms with Gasteiger partial charge in [-0.3, -0.25) is 0 Å². The normalized spacial score (nSPS) is 16.0. The lowest BCUT2D eigenvalue weighted by atomic mass is 10.1. The minimum atomic E-state index is -3.25. The van der Waals surface area contributed by atoms with Crippen molar-refractivity contribution in [3.05, 3.63) is 35.2 Å². The first-order valence-corrected chi connectivity index (χ1v) is 6.41. The Morgan fingerprint density at radius 1 is 1.24 bits per heavy atom. The van der Waals surface area contributed by atoms with Crippen molar-refractivity contribution in [1.29, 1.82) is 0 Å². The fourth-order valence-corrected chi connectivity index (χ4v) is 2.94. The van der Waals surface area contributed by atoms with Gasteiger partial charge in [-0.2, -0.15) is 0 Å². The second-order valence-corrected chi connectivity index (χ2v) is 5.52. The van der Waals surface area contributed by atoms with E-state index in [-0.39, 0.29) is 0 Å². The highest BCUT2D eigenvalue weighted by Gasteiger charge is 2.21. The van der Waals surface area contributed by atoms with Crippen molar-refractivity contribution in [2.24, 2.45) is 0 Å². The topological polar surface area (TPSA) is 86.2 Å². The molecule has 1 aliphatic rings. The molecule has 1 aliphatic heterocycles. The van der Waals surface area contributed by atoms with E-state index in [1.54, 1.807) is 30.3 Å². The Morgan fingerprint density at radius 2 is 2.06 bits per heavy atom. The first-order valence-electron chi connectivity index (χ1n) is 4.86. The highest BCUT2D eigenvalue weighted by molar-refractivity contribution is 7.94. The predicted octanol–water partition coefficient (Wildman–Crippen LogP) is 1.68. The Bertz CT molecular complexity index is 729. The van der Waals surface area contributed by atoms with E-state index in [1.807, 2.05) is 0 Å².